The number of aromatic nitrogens is 2. The van der Waals surface area contributed by atoms with Crippen molar-refractivity contribution in [3.8, 4) is 0 Å². The largest absolute Gasteiger partial charge is 0.466 e. The minimum absolute atomic E-state index is 0.00350. The molecule has 6 atom stereocenters. The van der Waals surface area contributed by atoms with Gasteiger partial charge in [0.15, 0.2) is 5.11 Å². The van der Waals surface area contributed by atoms with E-state index in [1.807, 2.05) is 13.0 Å². The van der Waals surface area contributed by atoms with Crippen molar-refractivity contribution < 1.29 is 13.9 Å². The van der Waals surface area contributed by atoms with Gasteiger partial charge in [-0.3, -0.25) is 4.79 Å². The van der Waals surface area contributed by atoms with Crippen molar-refractivity contribution >= 4 is 29.0 Å². The van der Waals surface area contributed by atoms with Gasteiger partial charge in [-0.2, -0.15) is 5.10 Å². The van der Waals surface area contributed by atoms with E-state index in [2.05, 4.69) is 32.3 Å². The average molecular weight is 524 g/mol. The lowest BCUT2D eigenvalue weighted by atomic mass is 9.40. The van der Waals surface area contributed by atoms with Gasteiger partial charge in [-0.25, -0.2) is 9.07 Å². The maximum atomic E-state index is 13.7. The first-order valence-electron chi connectivity index (χ1n) is 13.9. The zero-order valence-corrected chi connectivity index (χ0v) is 23.2. The van der Waals surface area contributed by atoms with Gasteiger partial charge in [0.25, 0.3) is 0 Å². The molecule has 0 saturated heterocycles. The fraction of sp³-hybridized carbons (Fsp3) is 0.633. The van der Waals surface area contributed by atoms with E-state index in [0.717, 1.165) is 38.5 Å². The van der Waals surface area contributed by atoms with Gasteiger partial charge in [0, 0.05) is 28.3 Å². The Morgan fingerprint density at radius 2 is 1.97 bits per heavy atom. The molecule has 1 aromatic heterocycles. The summed E-state index contributed by atoms with van der Waals surface area (Å²) < 4.78 is 21.2. The molecule has 6 rings (SSSR count). The van der Waals surface area contributed by atoms with E-state index in [1.54, 1.807) is 10.7 Å². The molecule has 2 aromatic rings. The number of hydrogen-bond donors (Lipinski definition) is 1. The molecule has 5 nitrogen and oxygen atoms in total. The van der Waals surface area contributed by atoms with E-state index in [4.69, 9.17) is 22.1 Å². The maximum absolute atomic E-state index is 13.7. The third-order valence-corrected chi connectivity index (χ3v) is 11.1. The molecule has 7 heteroatoms. The lowest BCUT2D eigenvalue weighted by Gasteiger charge is -2.64. The predicted molar refractivity (Wildman–Crippen MR) is 146 cm³/mol. The Hall–Kier alpha value is -2.28. The first-order chi connectivity index (χ1) is 17.6. The Morgan fingerprint density at radius 3 is 2.73 bits per heavy atom. The molecule has 3 saturated carbocycles. The number of carbonyl (C=O) groups is 1. The highest BCUT2D eigenvalue weighted by Crippen LogP contribution is 2.72. The SMILES string of the molecule is CCOC(=O)[C@]1(C)CCC[C@@]2(C)[C@@H]3CC[C@@]4(C)C[C@]3(CC[C@@H]21)c1cn(C(=S)Nc2cccc(F)c2)nc14. The number of nitrogens with zero attached hydrogens (tertiary/aromatic N) is 2. The van der Waals surface area contributed by atoms with Crippen molar-refractivity contribution in [2.75, 3.05) is 11.9 Å². The minimum atomic E-state index is -0.409. The average Bonchev–Trinajstić information content (AvgIpc) is 3.37. The molecule has 4 aliphatic rings. The number of esters is 1. The second-order valence-electron chi connectivity index (χ2n) is 12.8. The Balaban J connectivity index is 1.36. The molecular formula is C30H38FN3O2S. The Morgan fingerprint density at radius 1 is 1.19 bits per heavy atom. The molecule has 1 aromatic carbocycles. The number of carbonyl (C=O) groups excluding carboxylic acids is 1. The van der Waals surface area contributed by atoms with Crippen LogP contribution in [0.25, 0.3) is 0 Å². The summed E-state index contributed by atoms with van der Waals surface area (Å²) in [5.41, 5.74) is 2.93. The summed E-state index contributed by atoms with van der Waals surface area (Å²) in [5, 5.41) is 8.69. The van der Waals surface area contributed by atoms with Gasteiger partial charge >= 0.3 is 5.97 Å². The van der Waals surface area contributed by atoms with Crippen LogP contribution in [-0.2, 0) is 20.4 Å². The maximum Gasteiger partial charge on any atom is 0.312 e. The number of halogens is 1. The Bertz CT molecular complexity index is 1280. The first kappa shape index (κ1) is 25.0. The topological polar surface area (TPSA) is 56.1 Å². The van der Waals surface area contributed by atoms with Gasteiger partial charge in [0.2, 0.25) is 0 Å². The van der Waals surface area contributed by atoms with Crippen LogP contribution >= 0.6 is 12.2 Å². The summed E-state index contributed by atoms with van der Waals surface area (Å²) in [6.45, 7) is 9.37. The second kappa shape index (κ2) is 8.36. The third-order valence-electron chi connectivity index (χ3n) is 10.9. The summed E-state index contributed by atoms with van der Waals surface area (Å²) in [4.78, 5) is 13.3. The van der Waals surface area contributed by atoms with Crippen LogP contribution in [0, 0.1) is 28.5 Å². The zero-order chi connectivity index (χ0) is 26.2. The quantitative estimate of drug-likeness (QED) is 0.356. The molecule has 0 unspecified atom stereocenters. The van der Waals surface area contributed by atoms with Gasteiger partial charge in [-0.1, -0.05) is 26.3 Å². The van der Waals surface area contributed by atoms with Crippen LogP contribution in [0.1, 0.15) is 90.3 Å². The second-order valence-corrected chi connectivity index (χ2v) is 13.2. The molecular weight excluding hydrogens is 485 g/mol. The van der Waals surface area contributed by atoms with Crippen molar-refractivity contribution in [3.05, 3.63) is 47.5 Å². The monoisotopic (exact) mass is 523 g/mol. The summed E-state index contributed by atoms with van der Waals surface area (Å²) in [5.74, 6) is 0.537. The van der Waals surface area contributed by atoms with Crippen LogP contribution in [-0.4, -0.2) is 27.5 Å². The Labute approximate surface area is 224 Å². The number of fused-ring (bicyclic) bond motifs is 5. The summed E-state index contributed by atoms with van der Waals surface area (Å²) in [6.07, 6.45) is 10.8. The van der Waals surface area contributed by atoms with E-state index in [1.165, 1.54) is 36.2 Å². The third kappa shape index (κ3) is 3.48. The van der Waals surface area contributed by atoms with E-state index in [9.17, 15) is 9.18 Å². The van der Waals surface area contributed by atoms with Crippen LogP contribution in [0.3, 0.4) is 0 Å². The van der Waals surface area contributed by atoms with Crippen molar-refractivity contribution in [1.29, 1.82) is 0 Å². The molecule has 1 N–H and O–H groups in total. The smallest absolute Gasteiger partial charge is 0.312 e. The predicted octanol–water partition coefficient (Wildman–Crippen LogP) is 6.75. The number of anilines is 1. The highest BCUT2D eigenvalue weighted by atomic mass is 32.1. The van der Waals surface area contributed by atoms with Crippen LogP contribution in [0.15, 0.2) is 30.5 Å². The van der Waals surface area contributed by atoms with E-state index in [-0.39, 0.29) is 28.0 Å². The molecule has 0 amide bonds. The standard InChI is InChI=1S/C30H38FN3O2S/c1-5-36-25(35)29(4)13-7-12-28(3)22(29)11-15-30-18-27(2,14-10-23(28)30)24-21(30)17-34(33-24)26(37)32-20-9-6-8-19(31)16-20/h6,8-9,16-17,22-23H,5,7,10-15,18H2,1-4H3,(H,32,37)/t22-,23-,27-,28+,29+,30+/m0/s1. The van der Waals surface area contributed by atoms with E-state index >= 15 is 0 Å². The molecule has 198 valence electrons. The van der Waals surface area contributed by atoms with E-state index in [0.29, 0.717) is 29.2 Å². The number of nitrogens with one attached hydrogen (secondary N) is 1. The first-order valence-corrected chi connectivity index (χ1v) is 14.3. The Kier molecular flexibility index (Phi) is 5.65. The number of benzene rings is 1. The number of thiocarbonyl (C=S) groups is 1. The van der Waals surface area contributed by atoms with Crippen molar-refractivity contribution in [2.45, 2.75) is 89.9 Å². The molecule has 0 radical (unpaired) electrons. The molecule has 0 aliphatic heterocycles. The van der Waals surface area contributed by atoms with Crippen LogP contribution in [0.4, 0.5) is 10.1 Å². The molecule has 2 bridgehead atoms. The number of ether oxygens (including phenoxy) is 1. The molecule has 1 spiro atoms. The fourth-order valence-electron chi connectivity index (χ4n) is 9.45. The van der Waals surface area contributed by atoms with Gasteiger partial charge < -0.3 is 10.1 Å². The van der Waals surface area contributed by atoms with Crippen LogP contribution < -0.4 is 5.32 Å². The van der Waals surface area contributed by atoms with Gasteiger partial charge in [-0.05, 0) is 106 Å². The van der Waals surface area contributed by atoms with Gasteiger partial charge in [0.05, 0.1) is 17.7 Å². The van der Waals surface area contributed by atoms with Crippen molar-refractivity contribution in [1.82, 2.24) is 9.78 Å². The number of rotatable bonds is 3. The minimum Gasteiger partial charge on any atom is -0.466 e. The summed E-state index contributed by atoms with van der Waals surface area (Å²) in [7, 11) is 0. The lowest BCUT2D eigenvalue weighted by molar-refractivity contribution is -0.180. The highest BCUT2D eigenvalue weighted by molar-refractivity contribution is 7.80. The van der Waals surface area contributed by atoms with Crippen LogP contribution in [0.2, 0.25) is 0 Å². The van der Waals surface area contributed by atoms with Gasteiger partial charge in [0.1, 0.15) is 5.82 Å². The molecule has 4 aliphatic carbocycles. The highest BCUT2D eigenvalue weighted by Gasteiger charge is 2.68. The van der Waals surface area contributed by atoms with Crippen LogP contribution in [0.5, 0.6) is 0 Å². The summed E-state index contributed by atoms with van der Waals surface area (Å²) in [6, 6.07) is 6.35. The normalized spacial score (nSPS) is 37.8. The molecule has 37 heavy (non-hydrogen) atoms. The lowest BCUT2D eigenvalue weighted by Crippen LogP contribution is -2.60. The van der Waals surface area contributed by atoms with Crippen molar-refractivity contribution in [3.63, 3.8) is 0 Å². The molecule has 1 heterocycles. The molecule has 3 fully saturated rings. The summed E-state index contributed by atoms with van der Waals surface area (Å²) >= 11 is 5.72. The fourth-order valence-corrected chi connectivity index (χ4v) is 9.66. The van der Waals surface area contributed by atoms with E-state index < -0.39 is 5.41 Å². The van der Waals surface area contributed by atoms with Crippen molar-refractivity contribution in [2.24, 2.45) is 22.7 Å². The van der Waals surface area contributed by atoms with Gasteiger partial charge in [-0.15, -0.1) is 0 Å². The number of hydrogen-bond acceptors (Lipinski definition) is 4. The zero-order valence-electron chi connectivity index (χ0n) is 22.4.